The Bertz CT molecular complexity index is 1520. The monoisotopic (exact) mass is 416 g/mol. The molecular weight excluding hydrogens is 399 g/mol. The smallest absolute Gasteiger partial charge is 0.328 e. The lowest BCUT2D eigenvalue weighted by Gasteiger charge is -2.29. The maximum absolute atomic E-state index is 13.8. The van der Waals surface area contributed by atoms with Gasteiger partial charge in [0.1, 0.15) is 17.7 Å². The second-order valence-electron chi connectivity index (χ2n) is 7.69. The van der Waals surface area contributed by atoms with Gasteiger partial charge in [0.05, 0.1) is 29.4 Å². The molecule has 0 radical (unpaired) electrons. The van der Waals surface area contributed by atoms with Gasteiger partial charge in [0.15, 0.2) is 5.65 Å². The third-order valence-corrected chi connectivity index (χ3v) is 5.91. The van der Waals surface area contributed by atoms with E-state index < -0.39 is 6.10 Å². The number of nitrogens with zero attached hydrogens (tertiary/aromatic N) is 5. The molecule has 5 aromatic rings. The Hall–Kier alpha value is -3.85. The summed E-state index contributed by atoms with van der Waals surface area (Å²) in [5.74, 6) is -0.0938. The number of H-pyrrole nitrogens is 1. The molecule has 1 aliphatic carbocycles. The van der Waals surface area contributed by atoms with Crippen molar-refractivity contribution >= 4 is 22.2 Å². The van der Waals surface area contributed by atoms with E-state index in [1.165, 1.54) is 18.5 Å². The van der Waals surface area contributed by atoms with Gasteiger partial charge in [-0.3, -0.25) is 9.13 Å². The van der Waals surface area contributed by atoms with Crippen molar-refractivity contribution in [2.75, 3.05) is 0 Å². The number of halogens is 1. The highest BCUT2D eigenvalue weighted by atomic mass is 19.1. The van der Waals surface area contributed by atoms with Crippen molar-refractivity contribution in [1.29, 1.82) is 0 Å². The summed E-state index contributed by atoms with van der Waals surface area (Å²) < 4.78 is 17.0. The van der Waals surface area contributed by atoms with Gasteiger partial charge in [0, 0.05) is 6.07 Å². The first-order valence-electron chi connectivity index (χ1n) is 9.97. The second-order valence-corrected chi connectivity index (χ2v) is 7.69. The number of aliphatic hydroxyl groups excluding tert-OH is 1. The van der Waals surface area contributed by atoms with Crippen molar-refractivity contribution in [3.8, 4) is 5.95 Å². The maximum Gasteiger partial charge on any atom is 0.328 e. The fourth-order valence-electron chi connectivity index (χ4n) is 4.47. The van der Waals surface area contributed by atoms with Gasteiger partial charge in [-0.2, -0.15) is 4.98 Å². The highest BCUT2D eigenvalue weighted by molar-refractivity contribution is 5.77. The predicted octanol–water partition coefficient (Wildman–Crippen LogP) is 3.01. The van der Waals surface area contributed by atoms with Gasteiger partial charge in [-0.05, 0) is 36.1 Å². The molecule has 2 aromatic carbocycles. The zero-order chi connectivity index (χ0) is 21.1. The number of hydrogen-bond donors (Lipinski definition) is 2. The van der Waals surface area contributed by atoms with Gasteiger partial charge in [0.25, 0.3) is 0 Å². The number of aromatic nitrogens is 6. The van der Waals surface area contributed by atoms with Crippen LogP contribution in [0.2, 0.25) is 0 Å². The quantitative estimate of drug-likeness (QED) is 0.461. The molecule has 0 spiro atoms. The van der Waals surface area contributed by atoms with Gasteiger partial charge in [0.2, 0.25) is 5.95 Å². The van der Waals surface area contributed by atoms with E-state index in [1.54, 1.807) is 21.4 Å². The Morgan fingerprint density at radius 2 is 1.94 bits per heavy atom. The number of aromatic amines is 1. The van der Waals surface area contributed by atoms with E-state index in [0.29, 0.717) is 35.0 Å². The van der Waals surface area contributed by atoms with Gasteiger partial charge in [-0.25, -0.2) is 19.2 Å². The molecule has 0 saturated carbocycles. The van der Waals surface area contributed by atoms with Crippen LogP contribution < -0.4 is 5.69 Å². The van der Waals surface area contributed by atoms with Gasteiger partial charge < -0.3 is 10.1 Å². The molecule has 0 aliphatic heterocycles. The number of imidazole rings is 2. The molecule has 2 N–H and O–H groups in total. The SMILES string of the molecule is O=c1[nH]c2cnc(-n3cnc4ccc(F)cc43)nc2n1[C@@H]1CC[C@@H](O)c2ccccc21. The van der Waals surface area contributed by atoms with E-state index in [1.807, 2.05) is 24.3 Å². The number of hydrogen-bond acceptors (Lipinski definition) is 5. The molecule has 0 amide bonds. The van der Waals surface area contributed by atoms with Crippen LogP contribution in [0.4, 0.5) is 4.39 Å². The fourth-order valence-corrected chi connectivity index (χ4v) is 4.47. The molecule has 1 aliphatic rings. The molecule has 3 aromatic heterocycles. The van der Waals surface area contributed by atoms with Gasteiger partial charge in [-0.15, -0.1) is 0 Å². The van der Waals surface area contributed by atoms with Crippen LogP contribution in [0.3, 0.4) is 0 Å². The first kappa shape index (κ1) is 18.0. The zero-order valence-corrected chi connectivity index (χ0v) is 16.2. The fraction of sp³-hybridized carbons (Fsp3) is 0.182. The zero-order valence-electron chi connectivity index (χ0n) is 16.2. The minimum Gasteiger partial charge on any atom is -0.388 e. The summed E-state index contributed by atoms with van der Waals surface area (Å²) in [6.07, 6.45) is 3.68. The first-order chi connectivity index (χ1) is 15.1. The number of aliphatic hydroxyl groups is 1. The van der Waals surface area contributed by atoms with Gasteiger partial charge >= 0.3 is 5.69 Å². The molecular formula is C22H17FN6O2. The van der Waals surface area contributed by atoms with Crippen molar-refractivity contribution in [3.05, 3.63) is 82.4 Å². The second kappa shape index (κ2) is 6.58. The number of fused-ring (bicyclic) bond motifs is 3. The minimum atomic E-state index is -0.550. The van der Waals surface area contributed by atoms with Crippen molar-refractivity contribution in [1.82, 2.24) is 29.1 Å². The van der Waals surface area contributed by atoms with Gasteiger partial charge in [-0.1, -0.05) is 24.3 Å². The molecule has 9 heteroatoms. The van der Waals surface area contributed by atoms with E-state index in [-0.39, 0.29) is 23.5 Å². The van der Waals surface area contributed by atoms with Crippen molar-refractivity contribution in [3.63, 3.8) is 0 Å². The molecule has 8 nitrogen and oxygen atoms in total. The highest BCUT2D eigenvalue weighted by Crippen LogP contribution is 2.38. The van der Waals surface area contributed by atoms with Crippen LogP contribution in [0.15, 0.2) is 59.8 Å². The van der Waals surface area contributed by atoms with Crippen LogP contribution in [0.5, 0.6) is 0 Å². The van der Waals surface area contributed by atoms with Crippen LogP contribution in [0.1, 0.15) is 36.1 Å². The summed E-state index contributed by atoms with van der Waals surface area (Å²) in [7, 11) is 0. The summed E-state index contributed by atoms with van der Waals surface area (Å²) in [5, 5.41) is 10.4. The Kier molecular flexibility index (Phi) is 3.81. The van der Waals surface area contributed by atoms with Crippen molar-refractivity contribution < 1.29 is 9.50 Å². The van der Waals surface area contributed by atoms with Crippen LogP contribution in [0, 0.1) is 5.82 Å². The normalized spacial score (nSPS) is 18.5. The average molecular weight is 416 g/mol. The first-order valence-corrected chi connectivity index (χ1v) is 9.97. The molecule has 154 valence electrons. The summed E-state index contributed by atoms with van der Waals surface area (Å²) in [6, 6.07) is 11.7. The van der Waals surface area contributed by atoms with E-state index in [2.05, 4.69) is 19.9 Å². The summed E-state index contributed by atoms with van der Waals surface area (Å²) >= 11 is 0. The molecule has 6 rings (SSSR count). The Morgan fingerprint density at radius 3 is 2.81 bits per heavy atom. The summed E-state index contributed by atoms with van der Waals surface area (Å²) in [6.45, 7) is 0. The average Bonchev–Trinajstić information content (AvgIpc) is 3.34. The Balaban J connectivity index is 1.56. The molecule has 0 fully saturated rings. The minimum absolute atomic E-state index is 0.263. The largest absolute Gasteiger partial charge is 0.388 e. The van der Waals surface area contributed by atoms with Crippen LogP contribution >= 0.6 is 0 Å². The number of rotatable bonds is 2. The molecule has 0 bridgehead atoms. The lowest BCUT2D eigenvalue weighted by Crippen LogP contribution is -2.27. The Morgan fingerprint density at radius 1 is 1.10 bits per heavy atom. The van der Waals surface area contributed by atoms with E-state index in [0.717, 1.165) is 11.1 Å². The molecule has 2 atom stereocenters. The highest BCUT2D eigenvalue weighted by Gasteiger charge is 2.29. The van der Waals surface area contributed by atoms with Crippen LogP contribution in [-0.2, 0) is 0 Å². The van der Waals surface area contributed by atoms with E-state index in [9.17, 15) is 14.3 Å². The molecule has 0 unspecified atom stereocenters. The van der Waals surface area contributed by atoms with E-state index >= 15 is 0 Å². The van der Waals surface area contributed by atoms with Crippen molar-refractivity contribution in [2.24, 2.45) is 0 Å². The van der Waals surface area contributed by atoms with E-state index in [4.69, 9.17) is 0 Å². The topological polar surface area (TPSA) is 102 Å². The number of nitrogens with one attached hydrogen (secondary N) is 1. The summed E-state index contributed by atoms with van der Waals surface area (Å²) in [5.41, 5.74) is 3.54. The summed E-state index contributed by atoms with van der Waals surface area (Å²) in [4.78, 5) is 29.0. The maximum atomic E-state index is 13.8. The lowest BCUT2D eigenvalue weighted by atomic mass is 9.85. The standard InChI is InChI=1S/C22H17FN6O2/c23-12-5-6-15-18(9-12)28(11-25-15)21-24-10-16-20(27-21)29(22(31)26-16)17-7-8-19(30)14-4-2-1-3-13(14)17/h1-6,9-11,17,19,30H,7-8H2,(H,26,31)/t17-,19-/m1/s1. The van der Waals surface area contributed by atoms with Crippen LogP contribution in [0.25, 0.3) is 28.1 Å². The molecule has 0 saturated heterocycles. The third-order valence-electron chi connectivity index (χ3n) is 5.91. The lowest BCUT2D eigenvalue weighted by molar-refractivity contribution is 0.147. The molecule has 3 heterocycles. The van der Waals surface area contributed by atoms with Crippen LogP contribution in [-0.4, -0.2) is 34.2 Å². The van der Waals surface area contributed by atoms with Crippen molar-refractivity contribution in [2.45, 2.75) is 25.0 Å². The molecule has 31 heavy (non-hydrogen) atoms. The third kappa shape index (κ3) is 2.70. The predicted molar refractivity (Wildman–Crippen MR) is 112 cm³/mol. The number of benzene rings is 2. The Labute approximate surface area is 174 Å².